The summed E-state index contributed by atoms with van der Waals surface area (Å²) in [5.41, 5.74) is 0. The Morgan fingerprint density at radius 2 is 1.63 bits per heavy atom. The number of ether oxygens (including phenoxy) is 1. The number of rotatable bonds is 6. The summed E-state index contributed by atoms with van der Waals surface area (Å²) in [7, 11) is 2.96. The molecule has 0 aromatic carbocycles. The highest BCUT2D eigenvalue weighted by atomic mass is 16.5. The Hall–Kier alpha value is -3.26. The number of carbonyl (C=O) groups excluding carboxylic acids is 6. The standard InChI is InChI=1S/C29H49N5O9/c1-8-17(4)23-28(41)33(7)24(16(2)3)29(42)32(6)18(5)25(38)30-12-11-22(37)43-21(14-19(36)15-35)27(40)34-13-9-10-20(34)26(39)31-23/h16-21,23-24,35-36H,8-15H2,1-7H3,(H,30,38)(H,31,39)/t17-,18-,19?,20-,21+,23-,24-/m0/s1. The van der Waals surface area contributed by atoms with Gasteiger partial charge in [0.1, 0.15) is 24.2 Å². The van der Waals surface area contributed by atoms with E-state index >= 15 is 0 Å². The maximum absolute atomic E-state index is 13.9. The molecule has 0 radical (unpaired) electrons. The summed E-state index contributed by atoms with van der Waals surface area (Å²) in [5, 5.41) is 24.8. The Morgan fingerprint density at radius 1 is 0.977 bits per heavy atom. The average Bonchev–Trinajstić information content (AvgIpc) is 3.46. The van der Waals surface area contributed by atoms with Crippen molar-refractivity contribution in [1.82, 2.24) is 25.3 Å². The molecule has 7 atom stereocenters. The molecule has 2 saturated heterocycles. The van der Waals surface area contributed by atoms with E-state index in [4.69, 9.17) is 4.74 Å². The van der Waals surface area contributed by atoms with Crippen LogP contribution in [0.2, 0.25) is 0 Å². The lowest BCUT2D eigenvalue weighted by Gasteiger charge is -2.38. The highest BCUT2D eigenvalue weighted by molar-refractivity contribution is 5.96. The Balaban J connectivity index is 2.54. The van der Waals surface area contributed by atoms with Gasteiger partial charge in [-0.1, -0.05) is 34.1 Å². The third-order valence-electron chi connectivity index (χ3n) is 8.45. The van der Waals surface area contributed by atoms with Crippen LogP contribution in [0.15, 0.2) is 0 Å². The molecule has 4 N–H and O–H groups in total. The lowest BCUT2D eigenvalue weighted by atomic mass is 9.94. The Morgan fingerprint density at radius 3 is 2.21 bits per heavy atom. The number of fused-ring (bicyclic) bond motifs is 1. The number of amides is 5. The molecular formula is C29H49N5O9. The SMILES string of the molecule is CC[C@H](C)[C@@H]1NC(=O)[C@@H]2CCCN2C(=O)[C@@H](CC(O)CO)OC(=O)CCNC(=O)[C@H](C)N(C)C(=O)[C@H](C(C)C)N(C)C1=O. The van der Waals surface area contributed by atoms with Crippen LogP contribution in [-0.2, 0) is 33.5 Å². The van der Waals surface area contributed by atoms with Crippen LogP contribution in [0.3, 0.4) is 0 Å². The number of hydrogen-bond donors (Lipinski definition) is 4. The summed E-state index contributed by atoms with van der Waals surface area (Å²) in [5.74, 6) is -4.22. The maximum atomic E-state index is 13.9. The van der Waals surface area contributed by atoms with E-state index in [1.807, 2.05) is 6.92 Å². The van der Waals surface area contributed by atoms with Crippen molar-refractivity contribution in [3.05, 3.63) is 0 Å². The third-order valence-corrected chi connectivity index (χ3v) is 8.45. The smallest absolute Gasteiger partial charge is 0.308 e. The molecule has 2 aliphatic rings. The van der Waals surface area contributed by atoms with Crippen LogP contribution in [0.1, 0.15) is 66.7 Å². The summed E-state index contributed by atoms with van der Waals surface area (Å²) >= 11 is 0. The van der Waals surface area contributed by atoms with Gasteiger partial charge in [-0.15, -0.1) is 0 Å². The van der Waals surface area contributed by atoms with E-state index in [1.165, 1.54) is 35.7 Å². The zero-order valence-electron chi connectivity index (χ0n) is 26.4. The fourth-order valence-corrected chi connectivity index (χ4v) is 5.42. The fraction of sp³-hybridized carbons (Fsp3) is 0.793. The number of nitrogens with one attached hydrogen (secondary N) is 2. The molecule has 2 heterocycles. The fourth-order valence-electron chi connectivity index (χ4n) is 5.42. The Kier molecular flexibility index (Phi) is 13.4. The monoisotopic (exact) mass is 611 g/mol. The number of cyclic esters (lactones) is 1. The number of esters is 1. The van der Waals surface area contributed by atoms with Crippen molar-refractivity contribution in [2.45, 2.75) is 103 Å². The van der Waals surface area contributed by atoms with Crippen molar-refractivity contribution >= 4 is 35.5 Å². The van der Waals surface area contributed by atoms with Crippen LogP contribution in [-0.4, -0.2) is 131 Å². The van der Waals surface area contributed by atoms with Gasteiger partial charge < -0.3 is 40.3 Å². The van der Waals surface area contributed by atoms with Gasteiger partial charge in [0.2, 0.25) is 23.6 Å². The number of hydrogen-bond acceptors (Lipinski definition) is 9. The maximum Gasteiger partial charge on any atom is 0.308 e. The average molecular weight is 612 g/mol. The molecule has 14 heteroatoms. The van der Waals surface area contributed by atoms with Gasteiger partial charge in [0.05, 0.1) is 19.1 Å². The molecule has 43 heavy (non-hydrogen) atoms. The lowest BCUT2D eigenvalue weighted by Crippen LogP contribution is -2.60. The van der Waals surface area contributed by atoms with Crippen molar-refractivity contribution in [1.29, 1.82) is 0 Å². The minimum absolute atomic E-state index is 0.148. The van der Waals surface area contributed by atoms with Gasteiger partial charge in [-0.3, -0.25) is 28.8 Å². The Bertz CT molecular complexity index is 1040. The largest absolute Gasteiger partial charge is 0.452 e. The molecule has 5 amide bonds. The highest BCUT2D eigenvalue weighted by Crippen LogP contribution is 2.23. The lowest BCUT2D eigenvalue weighted by molar-refractivity contribution is -0.163. The van der Waals surface area contributed by atoms with Gasteiger partial charge in [-0.05, 0) is 31.6 Å². The third kappa shape index (κ3) is 8.88. The van der Waals surface area contributed by atoms with Crippen LogP contribution in [0.25, 0.3) is 0 Å². The summed E-state index contributed by atoms with van der Waals surface area (Å²) in [4.78, 5) is 84.1. The first-order chi connectivity index (χ1) is 20.2. The molecule has 0 aromatic heterocycles. The first-order valence-electron chi connectivity index (χ1n) is 15.1. The molecular weight excluding hydrogens is 562 g/mol. The molecule has 0 aromatic rings. The van der Waals surface area contributed by atoms with E-state index in [2.05, 4.69) is 10.6 Å². The van der Waals surface area contributed by atoms with E-state index in [9.17, 15) is 39.0 Å². The molecule has 14 nitrogen and oxygen atoms in total. The first-order valence-corrected chi connectivity index (χ1v) is 15.1. The second-order valence-corrected chi connectivity index (χ2v) is 11.9. The number of nitrogens with zero attached hydrogens (tertiary/aromatic N) is 3. The quantitative estimate of drug-likeness (QED) is 0.274. The molecule has 2 fully saturated rings. The van der Waals surface area contributed by atoms with Crippen molar-refractivity contribution in [2.24, 2.45) is 11.8 Å². The predicted molar refractivity (Wildman–Crippen MR) is 155 cm³/mol. The number of aliphatic hydroxyl groups excluding tert-OH is 2. The molecule has 2 rings (SSSR count). The predicted octanol–water partition coefficient (Wildman–Crippen LogP) is -0.987. The zero-order valence-corrected chi connectivity index (χ0v) is 26.4. The van der Waals surface area contributed by atoms with Gasteiger partial charge in [-0.25, -0.2) is 0 Å². The van der Waals surface area contributed by atoms with Gasteiger partial charge in [-0.2, -0.15) is 0 Å². The van der Waals surface area contributed by atoms with E-state index < -0.39 is 84.9 Å². The highest BCUT2D eigenvalue weighted by Gasteiger charge is 2.43. The van der Waals surface area contributed by atoms with Gasteiger partial charge in [0.25, 0.3) is 5.91 Å². The zero-order chi connectivity index (χ0) is 32.6. The molecule has 0 saturated carbocycles. The first kappa shape index (κ1) is 35.9. The van der Waals surface area contributed by atoms with Crippen molar-refractivity contribution in [2.75, 3.05) is 33.8 Å². The normalized spacial score (nSPS) is 28.9. The second kappa shape index (κ2) is 16.0. The van der Waals surface area contributed by atoms with Crippen molar-refractivity contribution in [3.8, 4) is 0 Å². The van der Waals surface area contributed by atoms with E-state index in [-0.39, 0.29) is 31.3 Å². The molecule has 0 spiro atoms. The van der Waals surface area contributed by atoms with Crippen LogP contribution in [0.4, 0.5) is 0 Å². The van der Waals surface area contributed by atoms with E-state index in [0.717, 1.165) is 0 Å². The molecule has 1 unspecified atom stereocenters. The number of carbonyl (C=O) groups is 6. The van der Waals surface area contributed by atoms with Crippen LogP contribution in [0.5, 0.6) is 0 Å². The number of likely N-dealkylation sites (N-methyl/N-ethyl adjacent to an activating group) is 2. The molecule has 0 bridgehead atoms. The molecule has 0 aliphatic carbocycles. The molecule has 2 aliphatic heterocycles. The number of aliphatic hydroxyl groups is 2. The van der Waals surface area contributed by atoms with Crippen molar-refractivity contribution in [3.63, 3.8) is 0 Å². The van der Waals surface area contributed by atoms with Crippen LogP contribution < -0.4 is 10.6 Å². The summed E-state index contributed by atoms with van der Waals surface area (Å²) in [6.45, 7) is 8.14. The van der Waals surface area contributed by atoms with Gasteiger partial charge in [0.15, 0.2) is 6.10 Å². The van der Waals surface area contributed by atoms with Crippen LogP contribution >= 0.6 is 0 Å². The summed E-state index contributed by atoms with van der Waals surface area (Å²) in [6, 6.07) is -3.84. The topological polar surface area (TPSA) is 186 Å². The summed E-state index contributed by atoms with van der Waals surface area (Å²) < 4.78 is 5.38. The van der Waals surface area contributed by atoms with Crippen LogP contribution in [0, 0.1) is 11.8 Å². The van der Waals surface area contributed by atoms with Crippen molar-refractivity contribution < 1.29 is 43.7 Å². The minimum atomic E-state index is -1.48. The minimum Gasteiger partial charge on any atom is -0.452 e. The van der Waals surface area contributed by atoms with Gasteiger partial charge >= 0.3 is 5.97 Å². The Labute approximate surface area is 253 Å². The molecule has 244 valence electrons. The van der Waals surface area contributed by atoms with E-state index in [1.54, 1.807) is 20.8 Å². The van der Waals surface area contributed by atoms with E-state index in [0.29, 0.717) is 19.3 Å². The summed E-state index contributed by atoms with van der Waals surface area (Å²) in [6.07, 6.45) is -2.21. The second-order valence-electron chi connectivity index (χ2n) is 11.9. The van der Waals surface area contributed by atoms with Gasteiger partial charge in [0, 0.05) is 33.6 Å².